The highest BCUT2D eigenvalue weighted by Crippen LogP contribution is 2.15. The van der Waals surface area contributed by atoms with Crippen LogP contribution in [0.5, 0.6) is 0 Å². The average molecular weight is 362 g/mol. The van der Waals surface area contributed by atoms with Crippen molar-refractivity contribution in [3.8, 4) is 0 Å². The van der Waals surface area contributed by atoms with Crippen LogP contribution in [0.3, 0.4) is 0 Å². The number of amides is 1. The Hall–Kier alpha value is -0.690. The quantitative estimate of drug-likeness (QED) is 0.793. The number of halogens is 2. The van der Waals surface area contributed by atoms with Gasteiger partial charge >= 0.3 is 0 Å². The van der Waals surface area contributed by atoms with Crippen molar-refractivity contribution in [1.29, 1.82) is 0 Å². The number of carbonyl (C=O) groups is 1. The van der Waals surface area contributed by atoms with E-state index in [4.69, 9.17) is 0 Å². The minimum atomic E-state index is -0.313. The van der Waals surface area contributed by atoms with E-state index >= 15 is 0 Å². The van der Waals surface area contributed by atoms with E-state index in [-0.39, 0.29) is 17.8 Å². The molecule has 0 aliphatic carbocycles. The van der Waals surface area contributed by atoms with Crippen molar-refractivity contribution in [2.45, 2.75) is 31.8 Å². The molecule has 1 aliphatic heterocycles. The minimum Gasteiger partial charge on any atom is -0.349 e. The second kappa shape index (κ2) is 5.97. The van der Waals surface area contributed by atoms with Crippen molar-refractivity contribution >= 4 is 28.5 Å². The van der Waals surface area contributed by atoms with Crippen molar-refractivity contribution < 1.29 is 9.18 Å². The van der Waals surface area contributed by atoms with Crippen LogP contribution in [-0.2, 0) is 0 Å². The second-order valence-corrected chi connectivity index (χ2v) is 5.84. The third-order valence-corrected chi connectivity index (χ3v) is 4.03. The number of benzene rings is 1. The van der Waals surface area contributed by atoms with Gasteiger partial charge in [0.15, 0.2) is 0 Å². The van der Waals surface area contributed by atoms with Crippen molar-refractivity contribution in [2.75, 3.05) is 6.54 Å². The normalized spacial score (nSPS) is 23.7. The molecule has 0 bridgehead atoms. The van der Waals surface area contributed by atoms with Crippen molar-refractivity contribution in [2.24, 2.45) is 0 Å². The predicted molar refractivity (Wildman–Crippen MR) is 77.1 cm³/mol. The van der Waals surface area contributed by atoms with Gasteiger partial charge in [0, 0.05) is 15.7 Å². The number of rotatable bonds is 2. The largest absolute Gasteiger partial charge is 0.349 e. The van der Waals surface area contributed by atoms with Crippen LogP contribution in [0.4, 0.5) is 4.39 Å². The van der Waals surface area contributed by atoms with Crippen molar-refractivity contribution in [3.63, 3.8) is 0 Å². The maximum atomic E-state index is 13.0. The van der Waals surface area contributed by atoms with Crippen LogP contribution in [0.1, 0.15) is 30.1 Å². The molecule has 2 rings (SSSR count). The molecule has 3 nitrogen and oxygen atoms in total. The lowest BCUT2D eigenvalue weighted by Gasteiger charge is -2.28. The summed E-state index contributed by atoms with van der Waals surface area (Å²) in [5.41, 5.74) is 0.545. The van der Waals surface area contributed by atoms with E-state index in [1.807, 2.05) is 22.6 Å². The summed E-state index contributed by atoms with van der Waals surface area (Å²) in [7, 11) is 0. The zero-order valence-corrected chi connectivity index (χ0v) is 12.3. The van der Waals surface area contributed by atoms with Crippen LogP contribution < -0.4 is 10.6 Å². The Morgan fingerprint density at radius 1 is 1.56 bits per heavy atom. The first kappa shape index (κ1) is 13.7. The van der Waals surface area contributed by atoms with Crippen LogP contribution in [0.15, 0.2) is 18.2 Å². The van der Waals surface area contributed by atoms with Gasteiger partial charge in [-0.2, -0.15) is 0 Å². The Kier molecular flexibility index (Phi) is 4.55. The van der Waals surface area contributed by atoms with Crippen LogP contribution >= 0.6 is 22.6 Å². The Morgan fingerprint density at radius 2 is 2.33 bits per heavy atom. The number of nitrogens with one attached hydrogen (secondary N) is 2. The highest BCUT2D eigenvalue weighted by atomic mass is 127. The van der Waals surface area contributed by atoms with E-state index in [9.17, 15) is 9.18 Å². The van der Waals surface area contributed by atoms with E-state index < -0.39 is 0 Å². The first-order chi connectivity index (χ1) is 8.56. The van der Waals surface area contributed by atoms with Gasteiger partial charge in [0.05, 0.1) is 5.56 Å². The van der Waals surface area contributed by atoms with Crippen molar-refractivity contribution in [3.05, 3.63) is 33.1 Å². The summed E-state index contributed by atoms with van der Waals surface area (Å²) in [6.45, 7) is 3.03. The predicted octanol–water partition coefficient (Wildman–Crippen LogP) is 2.30. The van der Waals surface area contributed by atoms with E-state index in [0.717, 1.165) is 19.4 Å². The minimum absolute atomic E-state index is 0.112. The van der Waals surface area contributed by atoms with Gasteiger partial charge in [0.1, 0.15) is 5.82 Å². The lowest BCUT2D eigenvalue weighted by Crippen LogP contribution is -2.46. The van der Waals surface area contributed by atoms with E-state index in [1.165, 1.54) is 18.2 Å². The van der Waals surface area contributed by atoms with Crippen LogP contribution in [0.2, 0.25) is 0 Å². The molecule has 1 aliphatic rings. The van der Waals surface area contributed by atoms with E-state index in [1.54, 1.807) is 0 Å². The molecule has 5 heteroatoms. The second-order valence-electron chi connectivity index (χ2n) is 4.67. The smallest absolute Gasteiger partial charge is 0.252 e. The molecule has 1 saturated heterocycles. The summed E-state index contributed by atoms with van der Waals surface area (Å²) in [4.78, 5) is 12.1. The summed E-state index contributed by atoms with van der Waals surface area (Å²) in [6.07, 6.45) is 1.87. The molecule has 1 amide bonds. The molecule has 2 unspecified atom stereocenters. The lowest BCUT2D eigenvalue weighted by molar-refractivity contribution is 0.0924. The monoisotopic (exact) mass is 362 g/mol. The number of hydrogen-bond donors (Lipinski definition) is 2. The number of hydrogen-bond acceptors (Lipinski definition) is 2. The standard InChI is InChI=1S/C13H16FIN2O/c1-8-6-10(4-5-16-8)17-13(18)11-3-2-9(14)7-12(11)15/h2-3,7-8,10,16H,4-6H2,1H3,(H,17,18). The van der Waals surface area contributed by atoms with Gasteiger partial charge < -0.3 is 10.6 Å². The Morgan fingerprint density at radius 3 is 3.00 bits per heavy atom. The molecule has 0 aromatic heterocycles. The molecular formula is C13H16FIN2O. The van der Waals surface area contributed by atoms with Gasteiger partial charge in [-0.1, -0.05) is 0 Å². The highest BCUT2D eigenvalue weighted by molar-refractivity contribution is 14.1. The van der Waals surface area contributed by atoms with E-state index in [0.29, 0.717) is 15.2 Å². The molecule has 1 aromatic rings. The maximum absolute atomic E-state index is 13.0. The molecule has 2 atom stereocenters. The Labute approximate surface area is 120 Å². The number of carbonyl (C=O) groups excluding carboxylic acids is 1. The molecule has 2 N–H and O–H groups in total. The average Bonchev–Trinajstić information content (AvgIpc) is 2.28. The van der Waals surface area contributed by atoms with Crippen molar-refractivity contribution in [1.82, 2.24) is 10.6 Å². The third kappa shape index (κ3) is 3.41. The highest BCUT2D eigenvalue weighted by Gasteiger charge is 2.21. The summed E-state index contributed by atoms with van der Waals surface area (Å²) in [6, 6.07) is 4.87. The molecule has 1 aromatic carbocycles. The fourth-order valence-electron chi connectivity index (χ4n) is 2.20. The zero-order valence-electron chi connectivity index (χ0n) is 10.2. The van der Waals surface area contributed by atoms with Crippen LogP contribution in [0.25, 0.3) is 0 Å². The summed E-state index contributed by atoms with van der Waals surface area (Å²) < 4.78 is 13.6. The summed E-state index contributed by atoms with van der Waals surface area (Å²) in [5, 5.41) is 6.36. The fourth-order valence-corrected chi connectivity index (χ4v) is 2.92. The number of piperidine rings is 1. The van der Waals surface area contributed by atoms with E-state index in [2.05, 4.69) is 17.6 Å². The van der Waals surface area contributed by atoms with Gasteiger partial charge in [0.25, 0.3) is 5.91 Å². The van der Waals surface area contributed by atoms with Gasteiger partial charge in [0.2, 0.25) is 0 Å². The maximum Gasteiger partial charge on any atom is 0.252 e. The molecular weight excluding hydrogens is 346 g/mol. The molecule has 18 heavy (non-hydrogen) atoms. The van der Waals surface area contributed by atoms with Gasteiger partial charge in [-0.25, -0.2) is 4.39 Å². The molecule has 98 valence electrons. The zero-order chi connectivity index (χ0) is 13.1. The topological polar surface area (TPSA) is 41.1 Å². The lowest BCUT2D eigenvalue weighted by atomic mass is 10.0. The fraction of sp³-hybridized carbons (Fsp3) is 0.462. The molecule has 1 heterocycles. The van der Waals surface area contributed by atoms with Gasteiger partial charge in [-0.15, -0.1) is 0 Å². The Balaban J connectivity index is 2.03. The van der Waals surface area contributed by atoms with Gasteiger partial charge in [-0.05, 0) is 67.1 Å². The van der Waals surface area contributed by atoms with Crippen LogP contribution in [-0.4, -0.2) is 24.5 Å². The first-order valence-corrected chi connectivity index (χ1v) is 7.13. The summed E-state index contributed by atoms with van der Waals surface area (Å²) >= 11 is 1.99. The van der Waals surface area contributed by atoms with Crippen LogP contribution in [0, 0.1) is 9.39 Å². The Bertz CT molecular complexity index is 453. The SMILES string of the molecule is CC1CC(NC(=O)c2ccc(F)cc2I)CCN1. The first-order valence-electron chi connectivity index (χ1n) is 6.05. The third-order valence-electron chi connectivity index (χ3n) is 3.13. The molecule has 0 saturated carbocycles. The molecule has 0 radical (unpaired) electrons. The summed E-state index contributed by atoms with van der Waals surface area (Å²) in [5.74, 6) is -0.426. The van der Waals surface area contributed by atoms with Gasteiger partial charge in [-0.3, -0.25) is 4.79 Å². The molecule has 0 spiro atoms. The molecule has 1 fully saturated rings.